The summed E-state index contributed by atoms with van der Waals surface area (Å²) >= 11 is 0. The van der Waals surface area contributed by atoms with Gasteiger partial charge in [-0.2, -0.15) is 0 Å². The molecule has 0 unspecified atom stereocenters. The fourth-order valence-corrected chi connectivity index (χ4v) is 2.56. The van der Waals surface area contributed by atoms with E-state index in [0.29, 0.717) is 5.92 Å². The zero-order chi connectivity index (χ0) is 12.1. The van der Waals surface area contributed by atoms with E-state index in [1.54, 1.807) is 0 Å². The minimum Gasteiger partial charge on any atom is -0.390 e. The second-order valence-electron chi connectivity index (χ2n) is 5.05. The van der Waals surface area contributed by atoms with Crippen LogP contribution in [0.3, 0.4) is 0 Å². The van der Waals surface area contributed by atoms with Crippen LogP contribution in [0.5, 0.6) is 0 Å². The van der Waals surface area contributed by atoms with Gasteiger partial charge in [0.2, 0.25) is 0 Å². The van der Waals surface area contributed by atoms with Gasteiger partial charge in [0, 0.05) is 5.92 Å². The number of aliphatic hydroxyl groups is 1. The molecule has 0 amide bonds. The average molecular weight is 226 g/mol. The first kappa shape index (κ1) is 13.7. The fourth-order valence-electron chi connectivity index (χ4n) is 2.56. The zero-order valence-electron chi connectivity index (χ0n) is 10.9. The molecule has 0 aliphatic carbocycles. The van der Waals surface area contributed by atoms with Crippen LogP contribution in [0.2, 0.25) is 0 Å². The van der Waals surface area contributed by atoms with Gasteiger partial charge < -0.3 is 9.84 Å². The third-order valence-electron chi connectivity index (χ3n) is 3.85. The van der Waals surface area contributed by atoms with E-state index in [1.165, 1.54) is 0 Å². The largest absolute Gasteiger partial charge is 0.390 e. The van der Waals surface area contributed by atoms with E-state index in [-0.39, 0.29) is 24.2 Å². The summed E-state index contributed by atoms with van der Waals surface area (Å²) in [7, 11) is 0. The molecule has 0 aromatic rings. The average Bonchev–Trinajstić information content (AvgIpc) is 2.56. The Bertz CT molecular complexity index is 215. The van der Waals surface area contributed by atoms with E-state index in [4.69, 9.17) is 4.74 Å². The van der Waals surface area contributed by atoms with Crippen LogP contribution in [0.15, 0.2) is 12.7 Å². The Morgan fingerprint density at radius 3 is 2.56 bits per heavy atom. The van der Waals surface area contributed by atoms with Gasteiger partial charge in [-0.15, -0.1) is 6.58 Å². The molecule has 0 bridgehead atoms. The molecule has 16 heavy (non-hydrogen) atoms. The number of aliphatic hydroxyl groups excluding tert-OH is 1. The minimum absolute atomic E-state index is 0.0323. The second-order valence-corrected chi connectivity index (χ2v) is 5.05. The first-order valence-electron chi connectivity index (χ1n) is 6.58. The van der Waals surface area contributed by atoms with Gasteiger partial charge >= 0.3 is 0 Å². The second kappa shape index (κ2) is 6.41. The Morgan fingerprint density at radius 2 is 2.06 bits per heavy atom. The summed E-state index contributed by atoms with van der Waals surface area (Å²) in [6.45, 7) is 10.3. The highest BCUT2D eigenvalue weighted by Gasteiger charge is 2.41. The van der Waals surface area contributed by atoms with Gasteiger partial charge in [0.05, 0.1) is 18.3 Å². The third-order valence-corrected chi connectivity index (χ3v) is 3.85. The molecule has 1 aliphatic heterocycles. The van der Waals surface area contributed by atoms with E-state index in [2.05, 4.69) is 27.4 Å². The number of hydrogen-bond acceptors (Lipinski definition) is 2. The smallest absolute Gasteiger partial charge is 0.0854 e. The van der Waals surface area contributed by atoms with Gasteiger partial charge in [-0.1, -0.05) is 33.3 Å². The molecule has 1 N–H and O–H groups in total. The minimum atomic E-state index is -0.288. The number of rotatable bonds is 6. The van der Waals surface area contributed by atoms with Crippen LogP contribution < -0.4 is 0 Å². The van der Waals surface area contributed by atoms with Gasteiger partial charge in [0.15, 0.2) is 0 Å². The maximum atomic E-state index is 10.2. The van der Waals surface area contributed by atoms with Crippen LogP contribution in [0, 0.1) is 11.8 Å². The van der Waals surface area contributed by atoms with E-state index in [1.807, 2.05) is 6.08 Å². The van der Waals surface area contributed by atoms with Gasteiger partial charge in [-0.3, -0.25) is 0 Å². The molecule has 1 saturated heterocycles. The lowest BCUT2D eigenvalue weighted by molar-refractivity contribution is -0.00178. The lowest BCUT2D eigenvalue weighted by Gasteiger charge is -2.19. The van der Waals surface area contributed by atoms with Crippen molar-refractivity contribution in [3.05, 3.63) is 12.7 Å². The molecule has 0 aromatic heterocycles. The van der Waals surface area contributed by atoms with Crippen molar-refractivity contribution in [2.75, 3.05) is 0 Å². The molecule has 0 aromatic carbocycles. The van der Waals surface area contributed by atoms with E-state index < -0.39 is 0 Å². The van der Waals surface area contributed by atoms with E-state index >= 15 is 0 Å². The quantitative estimate of drug-likeness (QED) is 0.705. The van der Waals surface area contributed by atoms with Gasteiger partial charge in [-0.05, 0) is 25.2 Å². The Labute approximate surface area is 99.7 Å². The van der Waals surface area contributed by atoms with E-state index in [9.17, 15) is 5.11 Å². The lowest BCUT2D eigenvalue weighted by Crippen LogP contribution is -2.28. The predicted molar refractivity (Wildman–Crippen MR) is 67.3 cm³/mol. The molecule has 2 heteroatoms. The summed E-state index contributed by atoms with van der Waals surface area (Å²) in [5, 5.41) is 10.2. The summed E-state index contributed by atoms with van der Waals surface area (Å²) in [6.07, 6.45) is 5.77. The van der Waals surface area contributed by atoms with Crippen molar-refractivity contribution in [3.63, 3.8) is 0 Å². The third kappa shape index (κ3) is 3.08. The number of ether oxygens (including phenoxy) is 1. The molecule has 1 fully saturated rings. The first-order valence-corrected chi connectivity index (χ1v) is 6.58. The molecule has 0 radical (unpaired) electrons. The highest BCUT2D eigenvalue weighted by Crippen LogP contribution is 2.34. The summed E-state index contributed by atoms with van der Waals surface area (Å²) in [5.74, 6) is 0.909. The van der Waals surface area contributed by atoms with Crippen LogP contribution in [-0.4, -0.2) is 23.4 Å². The van der Waals surface area contributed by atoms with Crippen molar-refractivity contribution in [1.29, 1.82) is 0 Å². The summed E-state index contributed by atoms with van der Waals surface area (Å²) < 4.78 is 5.97. The maximum Gasteiger partial charge on any atom is 0.0854 e. The summed E-state index contributed by atoms with van der Waals surface area (Å²) in [6, 6.07) is 0. The normalized spacial score (nSPS) is 36.2. The molecule has 0 saturated carbocycles. The first-order chi connectivity index (χ1) is 7.63. The molecule has 2 nitrogen and oxygen atoms in total. The Hall–Kier alpha value is -0.340. The van der Waals surface area contributed by atoms with Crippen LogP contribution in [0.25, 0.3) is 0 Å². The van der Waals surface area contributed by atoms with Crippen LogP contribution >= 0.6 is 0 Å². The summed E-state index contributed by atoms with van der Waals surface area (Å²) in [4.78, 5) is 0. The van der Waals surface area contributed by atoms with Crippen molar-refractivity contribution in [2.45, 2.75) is 64.8 Å². The zero-order valence-corrected chi connectivity index (χ0v) is 10.9. The molecular weight excluding hydrogens is 200 g/mol. The number of hydrogen-bond donors (Lipinski definition) is 1. The van der Waals surface area contributed by atoms with Crippen molar-refractivity contribution in [2.24, 2.45) is 11.8 Å². The molecule has 5 atom stereocenters. The summed E-state index contributed by atoms with van der Waals surface area (Å²) in [5.41, 5.74) is 0. The Kier molecular flexibility index (Phi) is 5.50. The van der Waals surface area contributed by atoms with Crippen molar-refractivity contribution < 1.29 is 9.84 Å². The molecular formula is C14H26O2. The van der Waals surface area contributed by atoms with Crippen molar-refractivity contribution >= 4 is 0 Å². The fraction of sp³-hybridized carbons (Fsp3) is 0.857. The standard InChI is InChI=1S/C14H26O2/c1-5-8-12-11(7-3)14(15)13(16-12)9-10(4)6-2/h5,10-15H,1,6-9H2,2-4H3/t10-,11+,12+,13-,14-/m1/s1. The highest BCUT2D eigenvalue weighted by atomic mass is 16.5. The van der Waals surface area contributed by atoms with Crippen LogP contribution in [-0.2, 0) is 4.74 Å². The maximum absolute atomic E-state index is 10.2. The van der Waals surface area contributed by atoms with Crippen LogP contribution in [0.4, 0.5) is 0 Å². The van der Waals surface area contributed by atoms with Gasteiger partial charge in [0.1, 0.15) is 0 Å². The Balaban J connectivity index is 2.58. The predicted octanol–water partition coefficient (Wildman–Crippen LogP) is 3.15. The van der Waals surface area contributed by atoms with Crippen molar-refractivity contribution in [3.8, 4) is 0 Å². The highest BCUT2D eigenvalue weighted by molar-refractivity contribution is 4.93. The lowest BCUT2D eigenvalue weighted by atomic mass is 9.89. The molecule has 1 aliphatic rings. The SMILES string of the molecule is C=CC[C@@H]1O[C@H](C[C@H](C)CC)[C@H](O)[C@H]1CC. The Morgan fingerprint density at radius 1 is 1.38 bits per heavy atom. The monoisotopic (exact) mass is 226 g/mol. The topological polar surface area (TPSA) is 29.5 Å². The van der Waals surface area contributed by atoms with E-state index in [0.717, 1.165) is 25.7 Å². The van der Waals surface area contributed by atoms with Gasteiger partial charge in [0.25, 0.3) is 0 Å². The molecule has 94 valence electrons. The van der Waals surface area contributed by atoms with Crippen LogP contribution in [0.1, 0.15) is 46.5 Å². The van der Waals surface area contributed by atoms with Crippen molar-refractivity contribution in [1.82, 2.24) is 0 Å². The molecule has 1 rings (SSSR count). The molecule has 0 spiro atoms. The molecule has 1 heterocycles. The van der Waals surface area contributed by atoms with Gasteiger partial charge in [-0.25, -0.2) is 0 Å².